The van der Waals surface area contributed by atoms with E-state index < -0.39 is 0 Å². The van der Waals surface area contributed by atoms with E-state index in [2.05, 4.69) is 53.9 Å². The predicted molar refractivity (Wildman–Crippen MR) is 91.6 cm³/mol. The molecule has 0 bridgehead atoms. The van der Waals surface area contributed by atoms with E-state index in [1.807, 2.05) is 18.2 Å². The number of halogens is 5. The highest BCUT2D eigenvalue weighted by Gasteiger charge is 2.15. The first-order chi connectivity index (χ1) is 8.47. The molecule has 0 spiro atoms. The van der Waals surface area contributed by atoms with Crippen LogP contribution >= 0.6 is 82.3 Å². The molecule has 1 atom stereocenters. The quantitative estimate of drug-likeness (QED) is 0.395. The van der Waals surface area contributed by atoms with Gasteiger partial charge in [-0.25, -0.2) is 0 Å². The number of benzene rings is 1. The Morgan fingerprint density at radius 2 is 1.83 bits per heavy atom. The highest BCUT2D eigenvalue weighted by atomic mass is 79.9. The lowest BCUT2D eigenvalue weighted by Gasteiger charge is -2.10. The standard InChI is InChI=1S/C12H7Br3Cl2S/c13-8(7-5-11(14)18-12(7)15)3-6-1-2-9(16)10(17)4-6/h1-2,4-5,8H,3H2. The maximum Gasteiger partial charge on any atom is 0.0753 e. The molecule has 0 nitrogen and oxygen atoms in total. The van der Waals surface area contributed by atoms with Gasteiger partial charge in [0.25, 0.3) is 0 Å². The molecule has 18 heavy (non-hydrogen) atoms. The van der Waals surface area contributed by atoms with Crippen molar-refractivity contribution in [1.82, 2.24) is 0 Å². The molecule has 6 heteroatoms. The second-order valence-corrected chi connectivity index (χ2v) is 9.37. The molecule has 0 aliphatic heterocycles. The van der Waals surface area contributed by atoms with Crippen molar-refractivity contribution in [1.29, 1.82) is 0 Å². The predicted octanol–water partition coefficient (Wildman–Crippen LogP) is 7.26. The van der Waals surface area contributed by atoms with Crippen LogP contribution in [0.3, 0.4) is 0 Å². The fourth-order valence-electron chi connectivity index (χ4n) is 1.55. The normalized spacial score (nSPS) is 12.7. The van der Waals surface area contributed by atoms with E-state index in [4.69, 9.17) is 23.2 Å². The third kappa shape index (κ3) is 3.74. The average Bonchev–Trinajstić information content (AvgIpc) is 2.63. The Bertz CT molecular complexity index is 568. The molecule has 0 aliphatic carbocycles. The fraction of sp³-hybridized carbons (Fsp3) is 0.167. The molecule has 1 unspecified atom stereocenters. The van der Waals surface area contributed by atoms with Gasteiger partial charge in [0.05, 0.1) is 17.6 Å². The molecule has 0 saturated heterocycles. The van der Waals surface area contributed by atoms with Crippen LogP contribution in [0.5, 0.6) is 0 Å². The van der Waals surface area contributed by atoms with E-state index in [-0.39, 0.29) is 4.83 Å². The van der Waals surface area contributed by atoms with E-state index in [1.165, 1.54) is 5.56 Å². The van der Waals surface area contributed by atoms with Gasteiger partial charge in [0.2, 0.25) is 0 Å². The average molecular weight is 494 g/mol. The van der Waals surface area contributed by atoms with Gasteiger partial charge in [-0.05, 0) is 67.6 Å². The van der Waals surface area contributed by atoms with Crippen LogP contribution in [0.15, 0.2) is 31.8 Å². The lowest BCUT2D eigenvalue weighted by atomic mass is 10.1. The number of hydrogen-bond acceptors (Lipinski definition) is 1. The Morgan fingerprint density at radius 1 is 1.11 bits per heavy atom. The Morgan fingerprint density at radius 3 is 2.39 bits per heavy atom. The highest BCUT2D eigenvalue weighted by Crippen LogP contribution is 2.40. The summed E-state index contributed by atoms with van der Waals surface area (Å²) in [5, 5.41) is 1.19. The molecule has 0 aliphatic rings. The minimum absolute atomic E-state index is 0.242. The summed E-state index contributed by atoms with van der Waals surface area (Å²) in [6, 6.07) is 7.86. The van der Waals surface area contributed by atoms with Crippen LogP contribution < -0.4 is 0 Å². The van der Waals surface area contributed by atoms with Crippen molar-refractivity contribution in [2.75, 3.05) is 0 Å². The second kappa shape index (κ2) is 6.59. The van der Waals surface area contributed by atoms with Crippen LogP contribution in [0, 0.1) is 0 Å². The molecule has 0 fully saturated rings. The summed E-state index contributed by atoms with van der Waals surface area (Å²) in [7, 11) is 0. The minimum Gasteiger partial charge on any atom is -0.121 e. The summed E-state index contributed by atoms with van der Waals surface area (Å²) in [6.07, 6.45) is 0.860. The maximum absolute atomic E-state index is 6.02. The Balaban J connectivity index is 2.18. The Hall–Kier alpha value is 0.940. The molecule has 0 amide bonds. The number of hydrogen-bond donors (Lipinski definition) is 0. The van der Waals surface area contributed by atoms with Gasteiger partial charge in [-0.15, -0.1) is 11.3 Å². The van der Waals surface area contributed by atoms with E-state index in [0.717, 1.165) is 19.6 Å². The van der Waals surface area contributed by atoms with Crippen LogP contribution in [-0.4, -0.2) is 0 Å². The summed E-state index contributed by atoms with van der Waals surface area (Å²) < 4.78 is 2.25. The van der Waals surface area contributed by atoms with Crippen molar-refractivity contribution in [3.05, 3.63) is 53.0 Å². The molecule has 1 aromatic carbocycles. The first-order valence-electron chi connectivity index (χ1n) is 5.00. The van der Waals surface area contributed by atoms with E-state index in [0.29, 0.717) is 10.0 Å². The summed E-state index contributed by atoms with van der Waals surface area (Å²) in [5.41, 5.74) is 2.39. The van der Waals surface area contributed by atoms with Crippen LogP contribution in [0.25, 0.3) is 0 Å². The SMILES string of the molecule is Clc1ccc(CC(Br)c2cc(Br)sc2Br)cc1Cl. The van der Waals surface area contributed by atoms with Crippen molar-refractivity contribution in [3.63, 3.8) is 0 Å². The highest BCUT2D eigenvalue weighted by molar-refractivity contribution is 9.12. The van der Waals surface area contributed by atoms with Gasteiger partial charge in [-0.1, -0.05) is 45.2 Å². The van der Waals surface area contributed by atoms with Crippen LogP contribution in [0.2, 0.25) is 10.0 Å². The zero-order chi connectivity index (χ0) is 13.3. The molecule has 0 N–H and O–H groups in total. The summed E-state index contributed by atoms with van der Waals surface area (Å²) in [5.74, 6) is 0. The number of rotatable bonds is 3. The minimum atomic E-state index is 0.242. The van der Waals surface area contributed by atoms with Crippen LogP contribution in [0.4, 0.5) is 0 Å². The Kier molecular flexibility index (Phi) is 5.62. The van der Waals surface area contributed by atoms with Gasteiger partial charge in [0.15, 0.2) is 0 Å². The zero-order valence-corrected chi connectivity index (χ0v) is 16.0. The van der Waals surface area contributed by atoms with Crippen molar-refractivity contribution >= 4 is 82.3 Å². The molecule has 1 heterocycles. The molecular weight excluding hydrogens is 487 g/mol. The van der Waals surface area contributed by atoms with Crippen molar-refractivity contribution in [2.24, 2.45) is 0 Å². The van der Waals surface area contributed by atoms with Crippen LogP contribution in [-0.2, 0) is 6.42 Å². The van der Waals surface area contributed by atoms with Gasteiger partial charge in [0.1, 0.15) is 0 Å². The van der Waals surface area contributed by atoms with Crippen molar-refractivity contribution in [3.8, 4) is 0 Å². The number of alkyl halides is 1. The van der Waals surface area contributed by atoms with Gasteiger partial charge in [-0.3, -0.25) is 0 Å². The van der Waals surface area contributed by atoms with E-state index in [1.54, 1.807) is 11.3 Å². The molecule has 1 aromatic heterocycles. The van der Waals surface area contributed by atoms with Crippen molar-refractivity contribution < 1.29 is 0 Å². The lowest BCUT2D eigenvalue weighted by molar-refractivity contribution is 0.950. The van der Waals surface area contributed by atoms with Gasteiger partial charge in [0, 0.05) is 4.83 Å². The van der Waals surface area contributed by atoms with Gasteiger partial charge < -0.3 is 0 Å². The summed E-state index contributed by atoms with van der Waals surface area (Å²) >= 11 is 24.4. The topological polar surface area (TPSA) is 0 Å². The van der Waals surface area contributed by atoms with E-state index >= 15 is 0 Å². The monoisotopic (exact) mass is 490 g/mol. The molecule has 2 rings (SSSR count). The molecule has 96 valence electrons. The van der Waals surface area contributed by atoms with Crippen molar-refractivity contribution in [2.45, 2.75) is 11.2 Å². The largest absolute Gasteiger partial charge is 0.121 e. The third-order valence-corrected chi connectivity index (χ3v) is 6.36. The van der Waals surface area contributed by atoms with Gasteiger partial charge >= 0.3 is 0 Å². The van der Waals surface area contributed by atoms with Gasteiger partial charge in [-0.2, -0.15) is 0 Å². The van der Waals surface area contributed by atoms with E-state index in [9.17, 15) is 0 Å². The molecular formula is C12H7Br3Cl2S. The third-order valence-electron chi connectivity index (χ3n) is 2.42. The smallest absolute Gasteiger partial charge is 0.0753 e. The number of thiophene rings is 1. The molecule has 2 aromatic rings. The fourth-order valence-corrected chi connectivity index (χ4v) is 6.04. The Labute approximate surface area is 145 Å². The summed E-state index contributed by atoms with van der Waals surface area (Å²) in [6.45, 7) is 0. The summed E-state index contributed by atoms with van der Waals surface area (Å²) in [4.78, 5) is 0.242. The molecule has 0 radical (unpaired) electrons. The first-order valence-corrected chi connectivity index (χ1v) is 9.07. The molecule has 0 saturated carbocycles. The lowest BCUT2D eigenvalue weighted by Crippen LogP contribution is -1.94. The zero-order valence-electron chi connectivity index (χ0n) is 8.89. The second-order valence-electron chi connectivity index (χ2n) is 3.70. The first kappa shape index (κ1) is 15.3. The maximum atomic E-state index is 6.02. The van der Waals surface area contributed by atoms with Crippen LogP contribution in [0.1, 0.15) is 16.0 Å².